The minimum Gasteiger partial charge on any atom is -0.467 e. The van der Waals surface area contributed by atoms with Gasteiger partial charge in [0.15, 0.2) is 5.78 Å². The van der Waals surface area contributed by atoms with Crippen LogP contribution < -0.4 is 11.1 Å². The standard InChI is InChI=1S/C18H18F2N2O4S/c1-10(22-15(23)8-11-6-12(19)9-13(20)7-11)16(24)18(21,17(25)26-2)14-4-3-5-27-14/h3-7,9-10H,8,21H2,1-2H3,(H,22,23)/t10-,18?/m0/s1. The molecule has 0 saturated heterocycles. The highest BCUT2D eigenvalue weighted by atomic mass is 32.1. The largest absolute Gasteiger partial charge is 0.467 e. The molecule has 144 valence electrons. The molecule has 0 bridgehead atoms. The number of ether oxygens (including phenoxy) is 1. The van der Waals surface area contributed by atoms with Gasteiger partial charge >= 0.3 is 5.97 Å². The van der Waals surface area contributed by atoms with Crippen molar-refractivity contribution in [2.75, 3.05) is 7.11 Å². The number of methoxy groups -OCH3 is 1. The van der Waals surface area contributed by atoms with E-state index in [0.717, 1.165) is 30.6 Å². The van der Waals surface area contributed by atoms with Crippen LogP contribution >= 0.6 is 11.3 Å². The van der Waals surface area contributed by atoms with E-state index in [1.54, 1.807) is 11.4 Å². The molecule has 0 radical (unpaired) electrons. The Morgan fingerprint density at radius 1 is 1.26 bits per heavy atom. The van der Waals surface area contributed by atoms with Crippen LogP contribution in [-0.4, -0.2) is 30.8 Å². The predicted molar refractivity (Wildman–Crippen MR) is 94.9 cm³/mol. The molecule has 1 aromatic heterocycles. The fraction of sp³-hybridized carbons (Fsp3) is 0.278. The lowest BCUT2D eigenvalue weighted by atomic mass is 9.89. The lowest BCUT2D eigenvalue weighted by Gasteiger charge is -2.27. The summed E-state index contributed by atoms with van der Waals surface area (Å²) in [4.78, 5) is 37.4. The second-order valence-electron chi connectivity index (χ2n) is 5.88. The first-order valence-corrected chi connectivity index (χ1v) is 8.76. The topological polar surface area (TPSA) is 98.5 Å². The third kappa shape index (κ3) is 4.55. The zero-order valence-electron chi connectivity index (χ0n) is 14.6. The quantitative estimate of drug-likeness (QED) is 0.548. The molecule has 2 aromatic rings. The van der Waals surface area contributed by atoms with E-state index in [4.69, 9.17) is 5.73 Å². The average molecular weight is 396 g/mol. The number of carbonyl (C=O) groups excluding carboxylic acids is 3. The smallest absolute Gasteiger partial charge is 0.339 e. The average Bonchev–Trinajstić information content (AvgIpc) is 3.13. The fourth-order valence-electron chi connectivity index (χ4n) is 2.58. The van der Waals surface area contributed by atoms with Crippen LogP contribution in [0.5, 0.6) is 0 Å². The number of benzene rings is 1. The van der Waals surface area contributed by atoms with Crippen LogP contribution in [0.15, 0.2) is 35.7 Å². The minimum atomic E-state index is -2.07. The highest BCUT2D eigenvalue weighted by Crippen LogP contribution is 2.27. The molecule has 1 heterocycles. The number of rotatable bonds is 7. The molecule has 0 aliphatic carbocycles. The Labute approximate surface area is 158 Å². The van der Waals surface area contributed by atoms with Crippen LogP contribution in [0.25, 0.3) is 0 Å². The van der Waals surface area contributed by atoms with Gasteiger partial charge in [0.05, 0.1) is 19.6 Å². The van der Waals surface area contributed by atoms with E-state index in [0.29, 0.717) is 6.07 Å². The number of ketones is 1. The summed E-state index contributed by atoms with van der Waals surface area (Å²) in [6, 6.07) is 4.73. The highest BCUT2D eigenvalue weighted by Gasteiger charge is 2.48. The summed E-state index contributed by atoms with van der Waals surface area (Å²) >= 11 is 1.10. The van der Waals surface area contributed by atoms with E-state index >= 15 is 0 Å². The molecule has 1 unspecified atom stereocenters. The Hall–Kier alpha value is -2.65. The van der Waals surface area contributed by atoms with Gasteiger partial charge in [-0.1, -0.05) is 6.07 Å². The number of thiophene rings is 1. The van der Waals surface area contributed by atoms with Crippen molar-refractivity contribution in [3.63, 3.8) is 0 Å². The van der Waals surface area contributed by atoms with Gasteiger partial charge in [-0.25, -0.2) is 13.6 Å². The van der Waals surface area contributed by atoms with Crippen molar-refractivity contribution in [1.29, 1.82) is 0 Å². The summed E-state index contributed by atoms with van der Waals surface area (Å²) in [6.07, 6.45) is -0.346. The molecule has 1 aromatic carbocycles. The molecule has 0 aliphatic heterocycles. The third-order valence-corrected chi connectivity index (χ3v) is 4.87. The number of hydrogen-bond acceptors (Lipinski definition) is 6. The highest BCUT2D eigenvalue weighted by molar-refractivity contribution is 7.10. The number of nitrogens with one attached hydrogen (secondary N) is 1. The number of esters is 1. The van der Waals surface area contributed by atoms with Gasteiger partial charge in [0.25, 0.3) is 0 Å². The van der Waals surface area contributed by atoms with Crippen LogP contribution in [0, 0.1) is 11.6 Å². The first kappa shape index (κ1) is 20.7. The van der Waals surface area contributed by atoms with Crippen LogP contribution in [0.1, 0.15) is 17.4 Å². The number of Topliss-reactive ketones (excluding diaryl/α,β-unsaturated/α-hetero) is 1. The first-order chi connectivity index (χ1) is 12.7. The summed E-state index contributed by atoms with van der Waals surface area (Å²) in [5, 5.41) is 4.04. The Bertz CT molecular complexity index is 837. The van der Waals surface area contributed by atoms with E-state index in [1.165, 1.54) is 13.0 Å². The molecule has 0 saturated carbocycles. The Kier molecular flexibility index (Phi) is 6.40. The number of hydrogen-bond donors (Lipinski definition) is 2. The number of amides is 1. The van der Waals surface area contributed by atoms with Gasteiger partial charge in [-0.3, -0.25) is 9.59 Å². The summed E-state index contributed by atoms with van der Waals surface area (Å²) in [7, 11) is 1.10. The van der Waals surface area contributed by atoms with E-state index in [-0.39, 0.29) is 16.9 Å². The monoisotopic (exact) mass is 396 g/mol. The van der Waals surface area contributed by atoms with Gasteiger partial charge in [-0.05, 0) is 36.1 Å². The summed E-state index contributed by atoms with van der Waals surface area (Å²) in [5.74, 6) is -4.00. The van der Waals surface area contributed by atoms with Crippen molar-refractivity contribution in [3.8, 4) is 0 Å². The molecular weight excluding hydrogens is 378 g/mol. The summed E-state index contributed by atoms with van der Waals surface area (Å²) in [5.41, 5.74) is 4.10. The van der Waals surface area contributed by atoms with Crippen molar-refractivity contribution in [3.05, 3.63) is 57.8 Å². The SMILES string of the molecule is COC(=O)C(N)(C(=O)[C@H](C)NC(=O)Cc1cc(F)cc(F)c1)c1cccs1. The lowest BCUT2D eigenvalue weighted by Crippen LogP contribution is -2.58. The van der Waals surface area contributed by atoms with E-state index < -0.39 is 40.9 Å². The molecule has 9 heteroatoms. The zero-order chi connectivity index (χ0) is 20.2. The van der Waals surface area contributed by atoms with Crippen LogP contribution in [-0.2, 0) is 31.1 Å². The number of halogens is 2. The predicted octanol–water partition coefficient (Wildman–Crippen LogP) is 1.67. The van der Waals surface area contributed by atoms with Crippen molar-refractivity contribution < 1.29 is 27.9 Å². The van der Waals surface area contributed by atoms with Gasteiger partial charge in [0.1, 0.15) is 11.6 Å². The Morgan fingerprint density at radius 2 is 1.89 bits per heavy atom. The number of nitrogens with two attached hydrogens (primary N) is 1. The van der Waals surface area contributed by atoms with Gasteiger partial charge < -0.3 is 15.8 Å². The fourth-order valence-corrected chi connectivity index (χ4v) is 3.42. The molecule has 0 spiro atoms. The number of carbonyl (C=O) groups is 3. The zero-order valence-corrected chi connectivity index (χ0v) is 15.4. The summed E-state index contributed by atoms with van der Waals surface area (Å²) in [6.45, 7) is 1.37. The van der Waals surface area contributed by atoms with Gasteiger partial charge in [-0.15, -0.1) is 11.3 Å². The minimum absolute atomic E-state index is 0.106. The Morgan fingerprint density at radius 3 is 2.41 bits per heavy atom. The molecule has 0 aliphatic rings. The first-order valence-electron chi connectivity index (χ1n) is 7.88. The molecule has 27 heavy (non-hydrogen) atoms. The molecule has 2 rings (SSSR count). The molecule has 6 nitrogen and oxygen atoms in total. The molecule has 3 N–H and O–H groups in total. The van der Waals surface area contributed by atoms with Gasteiger partial charge in [0, 0.05) is 10.9 Å². The van der Waals surface area contributed by atoms with Gasteiger partial charge in [-0.2, -0.15) is 0 Å². The third-order valence-electron chi connectivity index (χ3n) is 3.86. The van der Waals surface area contributed by atoms with E-state index in [2.05, 4.69) is 10.1 Å². The maximum Gasteiger partial charge on any atom is 0.339 e. The maximum absolute atomic E-state index is 13.2. The lowest BCUT2D eigenvalue weighted by molar-refractivity contribution is -0.152. The molecular formula is C18H18F2N2O4S. The maximum atomic E-state index is 13.2. The van der Waals surface area contributed by atoms with Crippen molar-refractivity contribution >= 4 is 29.0 Å². The van der Waals surface area contributed by atoms with E-state index in [1.807, 2.05) is 0 Å². The van der Waals surface area contributed by atoms with Crippen molar-refractivity contribution in [2.24, 2.45) is 5.73 Å². The van der Waals surface area contributed by atoms with E-state index in [9.17, 15) is 23.2 Å². The Balaban J connectivity index is 2.15. The van der Waals surface area contributed by atoms with Crippen LogP contribution in [0.2, 0.25) is 0 Å². The van der Waals surface area contributed by atoms with Gasteiger partial charge in [0.2, 0.25) is 11.4 Å². The molecule has 1 amide bonds. The second-order valence-corrected chi connectivity index (χ2v) is 6.83. The van der Waals surface area contributed by atoms with Crippen LogP contribution in [0.4, 0.5) is 8.78 Å². The molecule has 0 fully saturated rings. The second kappa shape index (κ2) is 8.36. The normalized spacial score (nSPS) is 14.1. The van der Waals surface area contributed by atoms with Crippen LogP contribution in [0.3, 0.4) is 0 Å². The van der Waals surface area contributed by atoms with Crippen molar-refractivity contribution in [2.45, 2.75) is 24.9 Å². The summed E-state index contributed by atoms with van der Waals surface area (Å²) < 4.78 is 31.1. The van der Waals surface area contributed by atoms with Crippen molar-refractivity contribution in [1.82, 2.24) is 5.32 Å². The molecule has 2 atom stereocenters.